The molecule has 2 saturated heterocycles. The van der Waals surface area contributed by atoms with E-state index in [2.05, 4.69) is 15.9 Å². The van der Waals surface area contributed by atoms with Crippen molar-refractivity contribution in [2.45, 2.75) is 42.6 Å². The third kappa shape index (κ3) is 2.66. The molecule has 21 heavy (non-hydrogen) atoms. The SMILES string of the molecule is O=C(c1cc(Cl)ccc1[N+](=O)[O-])N1C2CCC1CC(Br)C2. The number of hydrogen-bond acceptors (Lipinski definition) is 3. The fourth-order valence-electron chi connectivity index (χ4n) is 3.42. The summed E-state index contributed by atoms with van der Waals surface area (Å²) in [5.41, 5.74) is -0.0813. The highest BCUT2D eigenvalue weighted by Crippen LogP contribution is 2.40. The zero-order chi connectivity index (χ0) is 15.1. The predicted molar refractivity (Wildman–Crippen MR) is 83.0 cm³/mol. The molecule has 0 radical (unpaired) electrons. The van der Waals surface area contributed by atoms with Crippen molar-refractivity contribution in [1.82, 2.24) is 4.90 Å². The Bertz CT molecular complexity index is 596. The molecule has 2 unspecified atom stereocenters. The van der Waals surface area contributed by atoms with E-state index >= 15 is 0 Å². The van der Waals surface area contributed by atoms with Gasteiger partial charge in [-0.1, -0.05) is 27.5 Å². The van der Waals surface area contributed by atoms with Crippen LogP contribution in [0.25, 0.3) is 0 Å². The molecule has 3 rings (SSSR count). The molecule has 1 amide bonds. The Morgan fingerprint density at radius 2 is 1.95 bits per heavy atom. The molecule has 2 atom stereocenters. The predicted octanol–water partition coefficient (Wildman–Crippen LogP) is 3.78. The number of alkyl halides is 1. The Morgan fingerprint density at radius 1 is 1.33 bits per heavy atom. The Labute approximate surface area is 135 Å². The van der Waals surface area contributed by atoms with Gasteiger partial charge in [0.2, 0.25) is 0 Å². The molecule has 112 valence electrons. The molecule has 5 nitrogen and oxygen atoms in total. The maximum Gasteiger partial charge on any atom is 0.282 e. The number of nitrogens with zero attached hydrogens (tertiary/aromatic N) is 2. The number of nitro groups is 1. The number of amides is 1. The largest absolute Gasteiger partial charge is 0.332 e. The van der Waals surface area contributed by atoms with Gasteiger partial charge in [-0.25, -0.2) is 0 Å². The van der Waals surface area contributed by atoms with Crippen molar-refractivity contribution in [3.05, 3.63) is 38.9 Å². The summed E-state index contributed by atoms with van der Waals surface area (Å²) < 4.78 is 0. The van der Waals surface area contributed by atoms with Crippen LogP contribution in [0.15, 0.2) is 18.2 Å². The topological polar surface area (TPSA) is 63.4 Å². The Morgan fingerprint density at radius 3 is 2.52 bits per heavy atom. The van der Waals surface area contributed by atoms with Crippen molar-refractivity contribution in [2.24, 2.45) is 0 Å². The average Bonchev–Trinajstić information content (AvgIpc) is 2.69. The van der Waals surface area contributed by atoms with Gasteiger partial charge in [0.15, 0.2) is 0 Å². The van der Waals surface area contributed by atoms with Gasteiger partial charge in [0, 0.05) is 28.0 Å². The molecule has 2 aliphatic heterocycles. The summed E-state index contributed by atoms with van der Waals surface area (Å²) in [7, 11) is 0. The number of benzene rings is 1. The lowest BCUT2D eigenvalue weighted by Crippen LogP contribution is -2.47. The highest BCUT2D eigenvalue weighted by Gasteiger charge is 2.43. The van der Waals surface area contributed by atoms with Crippen LogP contribution in [0.4, 0.5) is 5.69 Å². The van der Waals surface area contributed by atoms with Crippen molar-refractivity contribution in [1.29, 1.82) is 0 Å². The van der Waals surface area contributed by atoms with Gasteiger partial charge in [-0.3, -0.25) is 14.9 Å². The quantitative estimate of drug-likeness (QED) is 0.450. The molecule has 0 aromatic heterocycles. The molecule has 1 aromatic carbocycles. The smallest absolute Gasteiger partial charge is 0.282 e. The van der Waals surface area contributed by atoms with Gasteiger partial charge < -0.3 is 4.90 Å². The molecule has 2 heterocycles. The lowest BCUT2D eigenvalue weighted by molar-refractivity contribution is -0.385. The van der Waals surface area contributed by atoms with E-state index in [0.717, 1.165) is 25.7 Å². The van der Waals surface area contributed by atoms with E-state index in [1.165, 1.54) is 18.2 Å². The number of carbonyl (C=O) groups excluding carboxylic acids is 1. The first-order chi connectivity index (χ1) is 9.97. The number of nitro benzene ring substituents is 1. The van der Waals surface area contributed by atoms with E-state index in [4.69, 9.17) is 11.6 Å². The van der Waals surface area contributed by atoms with Gasteiger partial charge >= 0.3 is 0 Å². The first-order valence-corrected chi connectivity index (χ1v) is 8.17. The number of halogens is 2. The summed E-state index contributed by atoms with van der Waals surface area (Å²) in [4.78, 5) is 25.7. The molecule has 1 aromatic rings. The van der Waals surface area contributed by atoms with E-state index in [9.17, 15) is 14.9 Å². The summed E-state index contributed by atoms with van der Waals surface area (Å²) >= 11 is 9.54. The Hall–Kier alpha value is -1.14. The first-order valence-electron chi connectivity index (χ1n) is 6.88. The van der Waals surface area contributed by atoms with Crippen LogP contribution < -0.4 is 0 Å². The van der Waals surface area contributed by atoms with E-state index in [-0.39, 0.29) is 29.2 Å². The van der Waals surface area contributed by atoms with Crippen LogP contribution in [0.3, 0.4) is 0 Å². The molecule has 0 N–H and O–H groups in total. The van der Waals surface area contributed by atoms with Crippen LogP contribution in [0.5, 0.6) is 0 Å². The molecule has 0 saturated carbocycles. The second kappa shape index (κ2) is 5.57. The van der Waals surface area contributed by atoms with Crippen LogP contribution >= 0.6 is 27.5 Å². The standard InChI is InChI=1S/C14H14BrClN2O3/c15-8-5-10-2-3-11(6-8)17(10)14(19)12-7-9(16)1-4-13(12)18(20)21/h1,4,7-8,10-11H,2-3,5-6H2. The van der Waals surface area contributed by atoms with Crippen LogP contribution in [0.1, 0.15) is 36.0 Å². The second-order valence-electron chi connectivity index (χ2n) is 5.58. The maximum atomic E-state index is 12.8. The monoisotopic (exact) mass is 372 g/mol. The number of rotatable bonds is 2. The first kappa shape index (κ1) is 14.8. The van der Waals surface area contributed by atoms with Crippen molar-refractivity contribution >= 4 is 39.1 Å². The van der Waals surface area contributed by atoms with Crippen LogP contribution in [0.2, 0.25) is 5.02 Å². The molecular weight excluding hydrogens is 360 g/mol. The van der Waals surface area contributed by atoms with E-state index in [1.807, 2.05) is 4.90 Å². The Kier molecular flexibility index (Phi) is 3.92. The number of hydrogen-bond donors (Lipinski definition) is 0. The van der Waals surface area contributed by atoms with E-state index < -0.39 is 4.92 Å². The van der Waals surface area contributed by atoms with Crippen LogP contribution in [-0.4, -0.2) is 32.6 Å². The fraction of sp³-hybridized carbons (Fsp3) is 0.500. The van der Waals surface area contributed by atoms with Crippen molar-refractivity contribution in [3.8, 4) is 0 Å². The fourth-order valence-corrected chi connectivity index (χ4v) is 4.46. The third-order valence-corrected chi connectivity index (χ3v) is 5.28. The number of carbonyl (C=O) groups is 1. The van der Waals surface area contributed by atoms with Gasteiger partial charge in [0.1, 0.15) is 5.56 Å². The lowest BCUT2D eigenvalue weighted by Gasteiger charge is -2.37. The highest BCUT2D eigenvalue weighted by atomic mass is 79.9. The summed E-state index contributed by atoms with van der Waals surface area (Å²) in [5, 5.41) is 11.5. The van der Waals surface area contributed by atoms with Crippen molar-refractivity contribution in [3.63, 3.8) is 0 Å². The molecule has 7 heteroatoms. The van der Waals surface area contributed by atoms with Gasteiger partial charge in [0.25, 0.3) is 11.6 Å². The molecular formula is C14H14BrClN2O3. The molecule has 0 aliphatic carbocycles. The number of piperidine rings is 1. The maximum absolute atomic E-state index is 12.8. The summed E-state index contributed by atoms with van der Waals surface area (Å²) in [6.45, 7) is 0. The van der Waals surface area contributed by atoms with Crippen molar-refractivity contribution in [2.75, 3.05) is 0 Å². The summed E-state index contributed by atoms with van der Waals surface area (Å²) in [6.07, 6.45) is 3.73. The van der Waals surface area contributed by atoms with Gasteiger partial charge in [-0.05, 0) is 37.8 Å². The zero-order valence-corrected chi connectivity index (χ0v) is 13.5. The zero-order valence-electron chi connectivity index (χ0n) is 11.2. The average molecular weight is 374 g/mol. The second-order valence-corrected chi connectivity index (χ2v) is 7.32. The van der Waals surface area contributed by atoms with E-state index in [1.54, 1.807) is 0 Å². The minimum absolute atomic E-state index is 0.0948. The van der Waals surface area contributed by atoms with Gasteiger partial charge in [-0.2, -0.15) is 0 Å². The third-order valence-electron chi connectivity index (χ3n) is 4.30. The highest BCUT2D eigenvalue weighted by molar-refractivity contribution is 9.09. The van der Waals surface area contributed by atoms with Gasteiger partial charge in [-0.15, -0.1) is 0 Å². The normalized spacial score (nSPS) is 27.7. The Balaban J connectivity index is 1.96. The minimum Gasteiger partial charge on any atom is -0.332 e. The molecule has 2 aliphatic rings. The van der Waals surface area contributed by atoms with Gasteiger partial charge in [0.05, 0.1) is 4.92 Å². The summed E-state index contributed by atoms with van der Waals surface area (Å²) in [5.74, 6) is -0.267. The molecule has 0 spiro atoms. The summed E-state index contributed by atoms with van der Waals surface area (Å²) in [6, 6.07) is 4.48. The molecule has 2 bridgehead atoms. The molecule has 2 fully saturated rings. The van der Waals surface area contributed by atoms with Crippen LogP contribution in [0, 0.1) is 10.1 Å². The minimum atomic E-state index is -0.525. The number of fused-ring (bicyclic) bond motifs is 2. The lowest BCUT2D eigenvalue weighted by atomic mass is 10.0. The van der Waals surface area contributed by atoms with E-state index in [0.29, 0.717) is 9.85 Å². The van der Waals surface area contributed by atoms with Crippen molar-refractivity contribution < 1.29 is 9.72 Å². The van der Waals surface area contributed by atoms with Crippen LogP contribution in [-0.2, 0) is 0 Å².